The largest absolute Gasteiger partial charge is 0.480 e. The van der Waals surface area contributed by atoms with Gasteiger partial charge in [0.15, 0.2) is 6.04 Å². The van der Waals surface area contributed by atoms with Crippen molar-refractivity contribution in [3.05, 3.63) is 35.1 Å². The molecule has 0 aliphatic carbocycles. The Morgan fingerprint density at radius 1 is 1.47 bits per heavy atom. The number of carboxylic acids is 1. The summed E-state index contributed by atoms with van der Waals surface area (Å²) in [6.45, 7) is 0.910. The molecule has 1 unspecified atom stereocenters. The molecule has 1 amide bonds. The van der Waals surface area contributed by atoms with Gasteiger partial charge in [-0.3, -0.25) is 4.79 Å². The molecule has 0 bridgehead atoms. The molecule has 6 heteroatoms. The van der Waals surface area contributed by atoms with Gasteiger partial charge in [-0.1, -0.05) is 6.07 Å². The predicted octanol–water partition coefficient (Wildman–Crippen LogP) is 0.309. The number of carboxylic acid groups (broad SMARTS) is 1. The maximum Gasteiger partial charge on any atom is 0.328 e. The molecule has 3 N–H and O–H groups in total. The first-order valence-corrected chi connectivity index (χ1v) is 4.86. The first-order valence-electron chi connectivity index (χ1n) is 4.86. The third kappa shape index (κ3) is 3.25. The number of carbonyl (C=O) groups excluding carboxylic acids is 1. The normalized spacial score (nSPS) is 11.9. The van der Waals surface area contributed by atoms with Crippen LogP contribution in [0.25, 0.3) is 0 Å². The molecule has 92 valence electrons. The molecule has 5 nitrogen and oxygen atoms in total. The van der Waals surface area contributed by atoms with Crippen molar-refractivity contribution in [3.63, 3.8) is 0 Å². The molecule has 0 aliphatic heterocycles. The lowest BCUT2D eigenvalue weighted by atomic mass is 10.1. The molecule has 0 aliphatic rings. The summed E-state index contributed by atoms with van der Waals surface area (Å²) < 4.78 is 13.4. The molecule has 1 rings (SSSR count). The Balaban J connectivity index is 2.86. The van der Waals surface area contributed by atoms with Crippen molar-refractivity contribution in [3.8, 4) is 0 Å². The van der Waals surface area contributed by atoms with E-state index >= 15 is 0 Å². The fraction of sp³-hybridized carbons (Fsp3) is 0.273. The zero-order valence-electron chi connectivity index (χ0n) is 9.11. The van der Waals surface area contributed by atoms with Gasteiger partial charge in [-0.05, 0) is 24.6 Å². The number of hydrogen-bond acceptors (Lipinski definition) is 3. The average Bonchev–Trinajstić information content (AvgIpc) is 2.24. The molecule has 0 aromatic heterocycles. The molecule has 1 aromatic rings. The van der Waals surface area contributed by atoms with Crippen LogP contribution in [-0.4, -0.2) is 34.7 Å². The van der Waals surface area contributed by atoms with E-state index in [1.54, 1.807) is 6.92 Å². The van der Waals surface area contributed by atoms with Crippen LogP contribution < -0.4 is 5.32 Å². The van der Waals surface area contributed by atoms with Gasteiger partial charge in [0.1, 0.15) is 5.82 Å². The van der Waals surface area contributed by atoms with Crippen LogP contribution in [0.4, 0.5) is 4.39 Å². The second-order valence-electron chi connectivity index (χ2n) is 3.53. The zero-order chi connectivity index (χ0) is 13.0. The van der Waals surface area contributed by atoms with E-state index in [2.05, 4.69) is 0 Å². The summed E-state index contributed by atoms with van der Waals surface area (Å²) in [6, 6.07) is 2.52. The van der Waals surface area contributed by atoms with Gasteiger partial charge < -0.3 is 15.5 Å². The summed E-state index contributed by atoms with van der Waals surface area (Å²) >= 11 is 0. The second-order valence-corrected chi connectivity index (χ2v) is 3.53. The standard InChI is InChI=1S/C11H12FNO4/c1-6-2-3-7(8(12)4-6)10(15)13-9(5-14)11(16)17/h2-4,9,14H,5H2,1H3,(H,13,15)(H,16,17). The number of aryl methyl sites for hydroxylation is 1. The first kappa shape index (κ1) is 13.1. The number of carbonyl (C=O) groups is 2. The number of aliphatic carboxylic acids is 1. The van der Waals surface area contributed by atoms with Gasteiger partial charge in [0.25, 0.3) is 5.91 Å². The molecular weight excluding hydrogens is 229 g/mol. The van der Waals surface area contributed by atoms with Crippen LogP contribution in [0.3, 0.4) is 0 Å². The zero-order valence-corrected chi connectivity index (χ0v) is 9.11. The van der Waals surface area contributed by atoms with Crippen LogP contribution in [0.1, 0.15) is 15.9 Å². The highest BCUT2D eigenvalue weighted by atomic mass is 19.1. The van der Waals surface area contributed by atoms with Gasteiger partial charge in [0.2, 0.25) is 0 Å². The summed E-state index contributed by atoms with van der Waals surface area (Å²) in [4.78, 5) is 22.1. The monoisotopic (exact) mass is 241 g/mol. The minimum absolute atomic E-state index is 0.254. The van der Waals surface area contributed by atoms with Crippen LogP contribution in [0.15, 0.2) is 18.2 Å². The van der Waals surface area contributed by atoms with Gasteiger partial charge in [-0.15, -0.1) is 0 Å². The lowest BCUT2D eigenvalue weighted by molar-refractivity contribution is -0.140. The molecule has 1 aromatic carbocycles. The van der Waals surface area contributed by atoms with E-state index in [-0.39, 0.29) is 5.56 Å². The fourth-order valence-corrected chi connectivity index (χ4v) is 1.23. The highest BCUT2D eigenvalue weighted by Crippen LogP contribution is 2.09. The van der Waals surface area contributed by atoms with Crippen LogP contribution in [0.2, 0.25) is 0 Å². The fourth-order valence-electron chi connectivity index (χ4n) is 1.23. The van der Waals surface area contributed by atoms with E-state index in [4.69, 9.17) is 10.2 Å². The number of aliphatic hydroxyl groups excluding tert-OH is 1. The maximum atomic E-state index is 13.4. The first-order chi connectivity index (χ1) is 7.95. The van der Waals surface area contributed by atoms with Crippen LogP contribution in [0, 0.1) is 12.7 Å². The SMILES string of the molecule is Cc1ccc(C(=O)NC(CO)C(=O)O)c(F)c1. The molecular formula is C11H12FNO4. The smallest absolute Gasteiger partial charge is 0.328 e. The highest BCUT2D eigenvalue weighted by Gasteiger charge is 2.21. The van der Waals surface area contributed by atoms with Crippen molar-refractivity contribution in [1.82, 2.24) is 5.32 Å². The predicted molar refractivity (Wildman–Crippen MR) is 57.1 cm³/mol. The molecule has 0 radical (unpaired) electrons. The number of nitrogens with one attached hydrogen (secondary N) is 1. The highest BCUT2D eigenvalue weighted by molar-refractivity contribution is 5.96. The molecule has 0 saturated carbocycles. The Morgan fingerprint density at radius 2 is 2.12 bits per heavy atom. The lowest BCUT2D eigenvalue weighted by Crippen LogP contribution is -2.43. The van der Waals surface area contributed by atoms with Crippen molar-refractivity contribution in [2.24, 2.45) is 0 Å². The summed E-state index contributed by atoms with van der Waals surface area (Å²) in [7, 11) is 0. The van der Waals surface area contributed by atoms with Crippen LogP contribution in [-0.2, 0) is 4.79 Å². The molecule has 0 fully saturated rings. The number of aliphatic hydroxyl groups is 1. The van der Waals surface area contributed by atoms with Crippen LogP contribution >= 0.6 is 0 Å². The molecule has 0 saturated heterocycles. The Kier molecular flexibility index (Phi) is 4.17. The third-order valence-corrected chi connectivity index (χ3v) is 2.16. The van der Waals surface area contributed by atoms with Crippen molar-refractivity contribution >= 4 is 11.9 Å². The Labute approximate surface area is 96.9 Å². The van der Waals surface area contributed by atoms with Gasteiger partial charge in [0.05, 0.1) is 12.2 Å². The minimum Gasteiger partial charge on any atom is -0.480 e. The number of halogens is 1. The average molecular weight is 241 g/mol. The van der Waals surface area contributed by atoms with Crippen molar-refractivity contribution in [1.29, 1.82) is 0 Å². The lowest BCUT2D eigenvalue weighted by Gasteiger charge is -2.12. The molecule has 0 spiro atoms. The van der Waals surface area contributed by atoms with Crippen LogP contribution in [0.5, 0.6) is 0 Å². The van der Waals surface area contributed by atoms with E-state index < -0.39 is 30.3 Å². The Bertz CT molecular complexity index is 447. The van der Waals surface area contributed by atoms with Crippen molar-refractivity contribution in [2.45, 2.75) is 13.0 Å². The quantitative estimate of drug-likeness (QED) is 0.708. The van der Waals surface area contributed by atoms with Crippen molar-refractivity contribution < 1.29 is 24.2 Å². The second kappa shape index (κ2) is 5.40. The van der Waals surface area contributed by atoms with E-state index in [9.17, 15) is 14.0 Å². The summed E-state index contributed by atoms with van der Waals surface area (Å²) in [5, 5.41) is 19.3. The third-order valence-electron chi connectivity index (χ3n) is 2.16. The molecule has 0 heterocycles. The number of hydrogen-bond donors (Lipinski definition) is 3. The Morgan fingerprint density at radius 3 is 2.59 bits per heavy atom. The maximum absolute atomic E-state index is 13.4. The number of amides is 1. The van der Waals surface area contributed by atoms with E-state index in [1.165, 1.54) is 18.2 Å². The van der Waals surface area contributed by atoms with Gasteiger partial charge >= 0.3 is 5.97 Å². The summed E-state index contributed by atoms with van der Waals surface area (Å²) in [5.74, 6) is -2.98. The van der Waals surface area contributed by atoms with Gasteiger partial charge in [-0.2, -0.15) is 0 Å². The minimum atomic E-state index is -1.44. The number of benzene rings is 1. The molecule has 1 atom stereocenters. The van der Waals surface area contributed by atoms with Gasteiger partial charge in [0, 0.05) is 0 Å². The van der Waals surface area contributed by atoms with E-state index in [0.29, 0.717) is 5.56 Å². The summed E-state index contributed by atoms with van der Waals surface area (Å²) in [6.07, 6.45) is 0. The van der Waals surface area contributed by atoms with E-state index in [1.807, 2.05) is 5.32 Å². The Hall–Kier alpha value is -1.95. The van der Waals surface area contributed by atoms with Crippen molar-refractivity contribution in [2.75, 3.05) is 6.61 Å². The van der Waals surface area contributed by atoms with E-state index in [0.717, 1.165) is 0 Å². The molecule has 17 heavy (non-hydrogen) atoms. The number of rotatable bonds is 4. The van der Waals surface area contributed by atoms with Gasteiger partial charge in [-0.25, -0.2) is 9.18 Å². The summed E-state index contributed by atoms with van der Waals surface area (Å²) in [5.41, 5.74) is 0.395. The topological polar surface area (TPSA) is 86.6 Å².